The van der Waals surface area contributed by atoms with E-state index in [4.69, 9.17) is 0 Å². The largest absolute Gasteiger partial charge is 0.355 e. The fourth-order valence-electron chi connectivity index (χ4n) is 3.59. The summed E-state index contributed by atoms with van der Waals surface area (Å²) in [5.41, 5.74) is 0. The van der Waals surface area contributed by atoms with Crippen LogP contribution in [0.15, 0.2) is 0 Å². The van der Waals surface area contributed by atoms with Crippen molar-refractivity contribution in [3.8, 4) is 0 Å². The molecule has 2 aliphatic rings. The highest BCUT2D eigenvalue weighted by molar-refractivity contribution is 5.82. The molecule has 1 saturated carbocycles. The van der Waals surface area contributed by atoms with E-state index in [1.807, 2.05) is 0 Å². The lowest BCUT2D eigenvalue weighted by Crippen LogP contribution is -2.42. The van der Waals surface area contributed by atoms with Gasteiger partial charge in [-0.1, -0.05) is 45.4 Å². The van der Waals surface area contributed by atoms with Crippen LogP contribution in [0.4, 0.5) is 0 Å². The monoisotopic (exact) mass is 266 g/mol. The van der Waals surface area contributed by atoms with Gasteiger partial charge in [0, 0.05) is 12.6 Å². The zero-order valence-corrected chi connectivity index (χ0v) is 12.4. The van der Waals surface area contributed by atoms with Gasteiger partial charge in [-0.3, -0.25) is 4.79 Å². The zero-order chi connectivity index (χ0) is 13.5. The molecule has 1 aliphatic heterocycles. The molecule has 2 rings (SSSR count). The highest BCUT2D eigenvalue weighted by atomic mass is 16.2. The predicted molar refractivity (Wildman–Crippen MR) is 79.1 cm³/mol. The van der Waals surface area contributed by atoms with Gasteiger partial charge in [-0.05, 0) is 31.6 Å². The van der Waals surface area contributed by atoms with Crippen LogP contribution in [0.1, 0.15) is 71.1 Å². The van der Waals surface area contributed by atoms with Gasteiger partial charge in [0.05, 0.1) is 6.04 Å². The van der Waals surface area contributed by atoms with Crippen molar-refractivity contribution in [2.75, 3.05) is 6.54 Å². The molecule has 0 bridgehead atoms. The van der Waals surface area contributed by atoms with E-state index in [-0.39, 0.29) is 11.9 Å². The van der Waals surface area contributed by atoms with Crippen LogP contribution in [0.2, 0.25) is 0 Å². The van der Waals surface area contributed by atoms with Crippen molar-refractivity contribution in [3.05, 3.63) is 0 Å². The maximum Gasteiger partial charge on any atom is 0.237 e. The molecule has 0 aromatic rings. The molecule has 2 fully saturated rings. The lowest BCUT2D eigenvalue weighted by Gasteiger charge is -2.13. The first-order chi connectivity index (χ1) is 9.31. The number of carbonyl (C=O) groups is 1. The van der Waals surface area contributed by atoms with Gasteiger partial charge in [0.1, 0.15) is 0 Å². The van der Waals surface area contributed by atoms with Gasteiger partial charge in [0.25, 0.3) is 0 Å². The summed E-state index contributed by atoms with van der Waals surface area (Å²) in [7, 11) is 0. The topological polar surface area (TPSA) is 41.1 Å². The van der Waals surface area contributed by atoms with E-state index in [2.05, 4.69) is 17.6 Å². The Hall–Kier alpha value is -0.570. The van der Waals surface area contributed by atoms with Crippen LogP contribution in [0.5, 0.6) is 0 Å². The van der Waals surface area contributed by atoms with E-state index in [1.165, 1.54) is 51.4 Å². The molecular weight excluding hydrogens is 236 g/mol. The lowest BCUT2D eigenvalue weighted by atomic mass is 10.0. The second-order valence-electron chi connectivity index (χ2n) is 6.31. The summed E-state index contributed by atoms with van der Waals surface area (Å²) < 4.78 is 0. The predicted octanol–water partition coefficient (Wildman–Crippen LogP) is 2.99. The van der Waals surface area contributed by atoms with E-state index in [0.717, 1.165) is 25.3 Å². The van der Waals surface area contributed by atoms with Gasteiger partial charge in [0.2, 0.25) is 5.91 Å². The average molecular weight is 266 g/mol. The van der Waals surface area contributed by atoms with E-state index < -0.39 is 0 Å². The van der Waals surface area contributed by atoms with Crippen molar-refractivity contribution in [2.24, 2.45) is 5.92 Å². The highest BCUT2D eigenvalue weighted by Crippen LogP contribution is 2.34. The SMILES string of the molecule is CCCCCCCCNC(=O)[C@@H]1C[C@@H]2CCC[C@@H]2N1. The fraction of sp³-hybridized carbons (Fsp3) is 0.938. The van der Waals surface area contributed by atoms with Gasteiger partial charge in [-0.2, -0.15) is 0 Å². The number of fused-ring (bicyclic) bond motifs is 1. The number of unbranched alkanes of at least 4 members (excludes halogenated alkanes) is 5. The third-order valence-electron chi connectivity index (χ3n) is 4.76. The number of hydrogen-bond donors (Lipinski definition) is 2. The maximum atomic E-state index is 12.0. The third kappa shape index (κ3) is 4.48. The van der Waals surface area contributed by atoms with Gasteiger partial charge < -0.3 is 10.6 Å². The summed E-state index contributed by atoms with van der Waals surface area (Å²) in [6.45, 7) is 3.10. The minimum absolute atomic E-state index is 0.0930. The first kappa shape index (κ1) is 14.8. The van der Waals surface area contributed by atoms with E-state index >= 15 is 0 Å². The minimum atomic E-state index is 0.0930. The van der Waals surface area contributed by atoms with Crippen LogP contribution >= 0.6 is 0 Å². The van der Waals surface area contributed by atoms with Crippen LogP contribution in [0.3, 0.4) is 0 Å². The first-order valence-corrected chi connectivity index (χ1v) is 8.35. The quantitative estimate of drug-likeness (QED) is 0.663. The number of amides is 1. The Morgan fingerprint density at radius 2 is 1.95 bits per heavy atom. The highest BCUT2D eigenvalue weighted by Gasteiger charge is 2.39. The Morgan fingerprint density at radius 1 is 1.16 bits per heavy atom. The maximum absolute atomic E-state index is 12.0. The molecule has 2 N–H and O–H groups in total. The average Bonchev–Trinajstić information content (AvgIpc) is 2.98. The molecule has 1 saturated heterocycles. The zero-order valence-electron chi connectivity index (χ0n) is 12.4. The Labute approximate surface area is 117 Å². The molecule has 1 aliphatic carbocycles. The summed E-state index contributed by atoms with van der Waals surface area (Å²) in [6.07, 6.45) is 12.7. The molecule has 110 valence electrons. The van der Waals surface area contributed by atoms with Crippen molar-refractivity contribution in [2.45, 2.75) is 83.2 Å². The summed E-state index contributed by atoms with van der Waals surface area (Å²) in [5, 5.41) is 6.61. The smallest absolute Gasteiger partial charge is 0.237 e. The van der Waals surface area contributed by atoms with Crippen LogP contribution in [-0.4, -0.2) is 24.5 Å². The minimum Gasteiger partial charge on any atom is -0.355 e. The second-order valence-corrected chi connectivity index (χ2v) is 6.31. The van der Waals surface area contributed by atoms with Crippen LogP contribution in [0.25, 0.3) is 0 Å². The Balaban J connectivity index is 1.51. The lowest BCUT2D eigenvalue weighted by molar-refractivity contribution is -0.122. The second kappa shape index (κ2) is 7.88. The molecule has 1 heterocycles. The summed E-state index contributed by atoms with van der Waals surface area (Å²) in [6, 6.07) is 0.722. The van der Waals surface area contributed by atoms with E-state index in [1.54, 1.807) is 0 Å². The molecule has 0 aromatic carbocycles. The molecule has 0 radical (unpaired) electrons. The molecule has 3 nitrogen and oxygen atoms in total. The Kier molecular flexibility index (Phi) is 6.15. The van der Waals surface area contributed by atoms with Crippen molar-refractivity contribution >= 4 is 5.91 Å². The van der Waals surface area contributed by atoms with Crippen LogP contribution < -0.4 is 10.6 Å². The standard InChI is InChI=1S/C16H30N2O/c1-2-3-4-5-6-7-11-17-16(19)15-12-13-9-8-10-14(13)18-15/h13-15,18H,2-12H2,1H3,(H,17,19)/t13-,14-,15-/m0/s1. The van der Waals surface area contributed by atoms with Crippen molar-refractivity contribution in [1.29, 1.82) is 0 Å². The normalized spacial score (nSPS) is 29.4. The van der Waals surface area contributed by atoms with Gasteiger partial charge in [-0.25, -0.2) is 0 Å². The number of carbonyl (C=O) groups excluding carboxylic acids is 1. The van der Waals surface area contributed by atoms with Gasteiger partial charge in [-0.15, -0.1) is 0 Å². The summed E-state index contributed by atoms with van der Waals surface area (Å²) in [4.78, 5) is 12.0. The van der Waals surface area contributed by atoms with Crippen LogP contribution in [0, 0.1) is 5.92 Å². The molecule has 3 heteroatoms. The summed E-state index contributed by atoms with van der Waals surface area (Å²) in [5.74, 6) is 1.01. The van der Waals surface area contributed by atoms with E-state index in [0.29, 0.717) is 6.04 Å². The number of rotatable bonds is 8. The van der Waals surface area contributed by atoms with Crippen molar-refractivity contribution in [3.63, 3.8) is 0 Å². The van der Waals surface area contributed by atoms with Crippen LogP contribution in [-0.2, 0) is 4.79 Å². The fourth-order valence-corrected chi connectivity index (χ4v) is 3.59. The molecular formula is C16H30N2O. The first-order valence-electron chi connectivity index (χ1n) is 8.35. The molecule has 1 amide bonds. The van der Waals surface area contributed by atoms with Crippen molar-refractivity contribution in [1.82, 2.24) is 10.6 Å². The molecule has 19 heavy (non-hydrogen) atoms. The molecule has 0 aromatic heterocycles. The van der Waals surface area contributed by atoms with Gasteiger partial charge >= 0.3 is 0 Å². The van der Waals surface area contributed by atoms with Gasteiger partial charge in [0.15, 0.2) is 0 Å². The Morgan fingerprint density at radius 3 is 2.74 bits per heavy atom. The molecule has 0 unspecified atom stereocenters. The molecule has 3 atom stereocenters. The molecule has 0 spiro atoms. The third-order valence-corrected chi connectivity index (χ3v) is 4.76. The Bertz CT molecular complexity index is 268. The van der Waals surface area contributed by atoms with Crippen molar-refractivity contribution < 1.29 is 4.79 Å². The summed E-state index contributed by atoms with van der Waals surface area (Å²) >= 11 is 0. The number of hydrogen-bond acceptors (Lipinski definition) is 2. The van der Waals surface area contributed by atoms with E-state index in [9.17, 15) is 4.79 Å². The number of nitrogens with one attached hydrogen (secondary N) is 2.